The molecule has 10 heteroatoms. The van der Waals surface area contributed by atoms with Crippen LogP contribution in [0.3, 0.4) is 0 Å². The van der Waals surface area contributed by atoms with Crippen LogP contribution in [0.4, 0.5) is 0 Å². The molecule has 0 unspecified atom stereocenters. The summed E-state index contributed by atoms with van der Waals surface area (Å²) in [4.78, 5) is 13.2. The van der Waals surface area contributed by atoms with Gasteiger partial charge in [-0.05, 0) is 64.9 Å². The minimum Gasteiger partial charge on any atom is -0.467 e. The Morgan fingerprint density at radius 1 is 1.18 bits per heavy atom. The van der Waals surface area contributed by atoms with Gasteiger partial charge in [0.15, 0.2) is 0 Å². The lowest BCUT2D eigenvalue weighted by molar-refractivity contribution is -0.130. The summed E-state index contributed by atoms with van der Waals surface area (Å²) in [5, 5.41) is 19.3. The van der Waals surface area contributed by atoms with E-state index in [0.717, 1.165) is 22.5 Å². The van der Waals surface area contributed by atoms with Gasteiger partial charge in [0.25, 0.3) is 5.91 Å². The lowest BCUT2D eigenvalue weighted by Crippen LogP contribution is -2.28. The van der Waals surface area contributed by atoms with Crippen LogP contribution in [0.15, 0.2) is 81.6 Å². The summed E-state index contributed by atoms with van der Waals surface area (Å²) < 4.78 is 7.23. The van der Waals surface area contributed by atoms with Crippen LogP contribution in [-0.4, -0.2) is 42.6 Å². The number of hydrogen-bond acceptors (Lipinski definition) is 7. The smallest absolute Gasteiger partial charge is 0.253 e. The quantitative estimate of drug-likeness (QED) is 0.373. The van der Waals surface area contributed by atoms with Crippen molar-refractivity contribution in [2.75, 3.05) is 5.75 Å². The van der Waals surface area contributed by atoms with Crippen molar-refractivity contribution < 1.29 is 9.21 Å². The van der Waals surface area contributed by atoms with Crippen LogP contribution in [0.5, 0.6) is 0 Å². The Kier molecular flexibility index (Phi) is 5.97. The van der Waals surface area contributed by atoms with Gasteiger partial charge < -0.3 is 4.42 Å². The highest BCUT2D eigenvalue weighted by Gasteiger charge is 2.35. The molecular formula is C23H19ClN6O2S. The van der Waals surface area contributed by atoms with Crippen LogP contribution in [0.1, 0.15) is 29.3 Å². The molecule has 8 nitrogen and oxygen atoms in total. The van der Waals surface area contributed by atoms with E-state index in [1.165, 1.54) is 16.8 Å². The van der Waals surface area contributed by atoms with Gasteiger partial charge in [-0.2, -0.15) is 9.78 Å². The molecule has 3 heterocycles. The molecule has 0 bridgehead atoms. The molecule has 0 radical (unpaired) electrons. The number of hydrazone groups is 1. The fraction of sp³-hybridized carbons (Fsp3) is 0.174. The number of thioether (sulfide) groups is 1. The van der Waals surface area contributed by atoms with E-state index in [1.807, 2.05) is 67.6 Å². The Morgan fingerprint density at radius 3 is 2.79 bits per heavy atom. The molecule has 2 aromatic carbocycles. The maximum Gasteiger partial charge on any atom is 0.253 e. The highest BCUT2D eigenvalue weighted by atomic mass is 35.5. The number of carbonyl (C=O) groups is 1. The van der Waals surface area contributed by atoms with E-state index in [-0.39, 0.29) is 17.7 Å². The molecule has 33 heavy (non-hydrogen) atoms. The predicted molar refractivity (Wildman–Crippen MR) is 126 cm³/mol. The average Bonchev–Trinajstić information content (AvgIpc) is 3.58. The number of amides is 1. The molecule has 2 aromatic heterocycles. The maximum atomic E-state index is 13.2. The van der Waals surface area contributed by atoms with E-state index in [0.29, 0.717) is 22.4 Å². The minimum absolute atomic E-state index is 0.126. The normalized spacial score (nSPS) is 15.6. The molecule has 1 atom stereocenters. The number of aromatic nitrogens is 4. The third kappa shape index (κ3) is 4.55. The summed E-state index contributed by atoms with van der Waals surface area (Å²) in [6.07, 6.45) is 2.15. The third-order valence-electron chi connectivity index (χ3n) is 5.23. The zero-order valence-corrected chi connectivity index (χ0v) is 19.2. The second kappa shape index (κ2) is 9.21. The SMILES string of the molecule is Cc1cccc(-n2nnnc2SCC(=O)N2N=C(c3ccc(Cl)cc3)C[C@@H]2c2ccco2)c1. The summed E-state index contributed by atoms with van der Waals surface area (Å²) in [6.45, 7) is 2.00. The lowest BCUT2D eigenvalue weighted by Gasteiger charge is -2.19. The van der Waals surface area contributed by atoms with Gasteiger partial charge in [0.2, 0.25) is 5.16 Å². The second-order valence-electron chi connectivity index (χ2n) is 7.53. The number of aryl methyl sites for hydroxylation is 1. The van der Waals surface area contributed by atoms with E-state index in [1.54, 1.807) is 10.9 Å². The summed E-state index contributed by atoms with van der Waals surface area (Å²) in [5.74, 6) is 0.649. The van der Waals surface area contributed by atoms with Crippen molar-refractivity contribution in [3.8, 4) is 5.69 Å². The van der Waals surface area contributed by atoms with Crippen molar-refractivity contribution in [1.82, 2.24) is 25.2 Å². The van der Waals surface area contributed by atoms with E-state index in [4.69, 9.17) is 16.0 Å². The molecule has 166 valence electrons. The molecule has 4 aromatic rings. The van der Waals surface area contributed by atoms with Gasteiger partial charge in [0.1, 0.15) is 11.8 Å². The van der Waals surface area contributed by atoms with Crippen LogP contribution in [-0.2, 0) is 4.79 Å². The van der Waals surface area contributed by atoms with Gasteiger partial charge in [-0.15, -0.1) is 5.10 Å². The van der Waals surface area contributed by atoms with E-state index < -0.39 is 0 Å². The largest absolute Gasteiger partial charge is 0.467 e. The first-order valence-corrected chi connectivity index (χ1v) is 11.6. The first kappa shape index (κ1) is 21.4. The van der Waals surface area contributed by atoms with E-state index >= 15 is 0 Å². The van der Waals surface area contributed by atoms with Crippen molar-refractivity contribution in [3.05, 3.63) is 88.8 Å². The number of rotatable bonds is 6. The Hall–Kier alpha value is -3.43. The van der Waals surface area contributed by atoms with Crippen molar-refractivity contribution in [1.29, 1.82) is 0 Å². The Labute approximate surface area is 199 Å². The number of furan rings is 1. The zero-order valence-electron chi connectivity index (χ0n) is 17.6. The van der Waals surface area contributed by atoms with Gasteiger partial charge in [-0.3, -0.25) is 4.79 Å². The van der Waals surface area contributed by atoms with E-state index in [2.05, 4.69) is 20.6 Å². The average molecular weight is 479 g/mol. The summed E-state index contributed by atoms with van der Waals surface area (Å²) in [7, 11) is 0. The molecule has 0 saturated carbocycles. The first-order chi connectivity index (χ1) is 16.1. The number of halogens is 1. The predicted octanol–water partition coefficient (Wildman–Crippen LogP) is 4.69. The Balaban J connectivity index is 1.36. The van der Waals surface area contributed by atoms with Crippen molar-refractivity contribution in [2.45, 2.75) is 24.5 Å². The summed E-state index contributed by atoms with van der Waals surface area (Å²) in [5.41, 5.74) is 3.66. The fourth-order valence-corrected chi connectivity index (χ4v) is 4.51. The zero-order chi connectivity index (χ0) is 22.8. The second-order valence-corrected chi connectivity index (χ2v) is 8.91. The molecule has 1 amide bonds. The van der Waals surface area contributed by atoms with Crippen molar-refractivity contribution in [2.24, 2.45) is 5.10 Å². The van der Waals surface area contributed by atoms with Crippen LogP contribution in [0.2, 0.25) is 5.02 Å². The maximum absolute atomic E-state index is 13.2. The molecule has 1 aliphatic rings. The molecule has 0 fully saturated rings. The van der Waals surface area contributed by atoms with Gasteiger partial charge in [-0.1, -0.05) is 47.6 Å². The fourth-order valence-electron chi connectivity index (χ4n) is 3.64. The number of carbonyl (C=O) groups excluding carboxylic acids is 1. The molecule has 1 aliphatic heterocycles. The monoisotopic (exact) mass is 478 g/mol. The highest BCUT2D eigenvalue weighted by Crippen LogP contribution is 2.34. The highest BCUT2D eigenvalue weighted by molar-refractivity contribution is 7.99. The molecule has 5 rings (SSSR count). The topological polar surface area (TPSA) is 89.4 Å². The molecule has 0 saturated heterocycles. The van der Waals surface area contributed by atoms with Gasteiger partial charge in [0, 0.05) is 11.4 Å². The standard InChI is InChI=1S/C23H19ClN6O2S/c1-15-4-2-5-18(12-15)29-23(25-27-28-29)33-14-22(31)30-20(21-6-3-11-32-21)13-19(26-30)16-7-9-17(24)10-8-16/h2-12,20H,13-14H2,1H3/t20-/m1/s1. The van der Waals surface area contributed by atoms with Crippen LogP contribution in [0.25, 0.3) is 5.69 Å². The molecule has 0 aliphatic carbocycles. The van der Waals surface area contributed by atoms with Gasteiger partial charge >= 0.3 is 0 Å². The molecule has 0 N–H and O–H groups in total. The van der Waals surface area contributed by atoms with Crippen LogP contribution >= 0.6 is 23.4 Å². The number of hydrogen-bond donors (Lipinski definition) is 0. The third-order valence-corrected chi connectivity index (χ3v) is 6.38. The number of benzene rings is 2. The van der Waals surface area contributed by atoms with Crippen LogP contribution < -0.4 is 0 Å². The van der Waals surface area contributed by atoms with E-state index in [9.17, 15) is 4.79 Å². The molecular weight excluding hydrogens is 460 g/mol. The molecule has 0 spiro atoms. The van der Waals surface area contributed by atoms with Gasteiger partial charge in [0.05, 0.1) is 23.4 Å². The Bertz CT molecular complexity index is 1300. The number of nitrogens with zero attached hydrogens (tertiary/aromatic N) is 6. The van der Waals surface area contributed by atoms with Crippen molar-refractivity contribution >= 4 is 35.0 Å². The van der Waals surface area contributed by atoms with Crippen molar-refractivity contribution in [3.63, 3.8) is 0 Å². The lowest BCUT2D eigenvalue weighted by atomic mass is 10.0. The number of tetrazole rings is 1. The minimum atomic E-state index is -0.313. The summed E-state index contributed by atoms with van der Waals surface area (Å²) in [6, 6.07) is 18.6. The Morgan fingerprint density at radius 2 is 2.03 bits per heavy atom. The van der Waals surface area contributed by atoms with Gasteiger partial charge in [-0.25, -0.2) is 5.01 Å². The first-order valence-electron chi connectivity index (χ1n) is 10.3. The summed E-state index contributed by atoms with van der Waals surface area (Å²) >= 11 is 7.29. The van der Waals surface area contributed by atoms with Crippen LogP contribution in [0, 0.1) is 6.92 Å².